The van der Waals surface area contributed by atoms with Crippen molar-refractivity contribution >= 4 is 0 Å². The van der Waals surface area contributed by atoms with Crippen molar-refractivity contribution < 1.29 is 10.2 Å². The second-order valence-electron chi connectivity index (χ2n) is 3.20. The van der Waals surface area contributed by atoms with E-state index < -0.39 is 0 Å². The fourth-order valence-electron chi connectivity index (χ4n) is 1.45. The third kappa shape index (κ3) is 2.64. The lowest BCUT2D eigenvalue weighted by Gasteiger charge is -2.05. The summed E-state index contributed by atoms with van der Waals surface area (Å²) in [7, 11) is 0. The highest BCUT2D eigenvalue weighted by molar-refractivity contribution is 4.95. The minimum atomic E-state index is 0.245. The zero-order valence-corrected chi connectivity index (χ0v) is 6.74. The molecular weight excluding hydrogens is 140 g/mol. The van der Waals surface area contributed by atoms with Crippen molar-refractivity contribution in [1.29, 1.82) is 0 Å². The lowest BCUT2D eigenvalue weighted by atomic mass is 10.0. The van der Waals surface area contributed by atoms with E-state index in [0.717, 1.165) is 19.3 Å². The van der Waals surface area contributed by atoms with E-state index in [4.69, 9.17) is 10.2 Å². The van der Waals surface area contributed by atoms with Crippen molar-refractivity contribution in [3.05, 3.63) is 12.2 Å². The average molecular weight is 156 g/mol. The van der Waals surface area contributed by atoms with Gasteiger partial charge in [0.05, 0.1) is 0 Å². The summed E-state index contributed by atoms with van der Waals surface area (Å²) in [5.41, 5.74) is 0. The van der Waals surface area contributed by atoms with Gasteiger partial charge in [-0.25, -0.2) is 0 Å². The quantitative estimate of drug-likeness (QED) is 0.584. The highest BCUT2D eigenvalue weighted by Gasteiger charge is 2.11. The average Bonchev–Trinajstić information content (AvgIpc) is 2.28. The fourth-order valence-corrected chi connectivity index (χ4v) is 1.45. The molecule has 0 aliphatic heterocycles. The van der Waals surface area contributed by atoms with Crippen LogP contribution in [0.15, 0.2) is 12.2 Å². The molecule has 2 N–H and O–H groups in total. The second kappa shape index (κ2) is 4.52. The first-order valence-electron chi connectivity index (χ1n) is 4.27. The molecule has 0 amide bonds. The van der Waals surface area contributed by atoms with Crippen LogP contribution in [-0.2, 0) is 0 Å². The Morgan fingerprint density at radius 1 is 1.00 bits per heavy atom. The summed E-state index contributed by atoms with van der Waals surface area (Å²) in [6, 6.07) is 0. The van der Waals surface area contributed by atoms with Crippen molar-refractivity contribution in [3.63, 3.8) is 0 Å². The van der Waals surface area contributed by atoms with Crippen molar-refractivity contribution in [2.45, 2.75) is 19.3 Å². The minimum absolute atomic E-state index is 0.245. The van der Waals surface area contributed by atoms with Gasteiger partial charge in [0, 0.05) is 13.2 Å². The molecule has 0 fully saturated rings. The predicted octanol–water partition coefficient (Wildman–Crippen LogP) is 0.944. The van der Waals surface area contributed by atoms with E-state index in [1.54, 1.807) is 0 Å². The van der Waals surface area contributed by atoms with Gasteiger partial charge in [0.25, 0.3) is 0 Å². The van der Waals surface area contributed by atoms with Gasteiger partial charge < -0.3 is 10.2 Å². The van der Waals surface area contributed by atoms with Crippen molar-refractivity contribution in [3.8, 4) is 0 Å². The summed E-state index contributed by atoms with van der Waals surface area (Å²) in [6.45, 7) is 0.489. The fraction of sp³-hybridized carbons (Fsp3) is 0.778. The molecule has 11 heavy (non-hydrogen) atoms. The number of hydrogen-bond acceptors (Lipinski definition) is 2. The Morgan fingerprint density at radius 2 is 1.45 bits per heavy atom. The van der Waals surface area contributed by atoms with Crippen molar-refractivity contribution in [2.75, 3.05) is 13.2 Å². The molecule has 2 nitrogen and oxygen atoms in total. The summed E-state index contributed by atoms with van der Waals surface area (Å²) in [5.74, 6) is 0.651. The molecule has 1 aliphatic rings. The van der Waals surface area contributed by atoms with Gasteiger partial charge in [-0.3, -0.25) is 0 Å². The maximum atomic E-state index is 8.86. The zero-order chi connectivity index (χ0) is 8.10. The molecule has 0 aromatic heterocycles. The van der Waals surface area contributed by atoms with E-state index in [1.807, 2.05) is 12.2 Å². The first-order chi connectivity index (χ1) is 5.36. The number of hydrogen-bond donors (Lipinski definition) is 2. The van der Waals surface area contributed by atoms with Crippen molar-refractivity contribution in [1.82, 2.24) is 0 Å². The van der Waals surface area contributed by atoms with Gasteiger partial charge in [-0.05, 0) is 24.7 Å². The topological polar surface area (TPSA) is 40.5 Å². The molecule has 0 aromatic rings. The third-order valence-corrected chi connectivity index (χ3v) is 2.27. The Morgan fingerprint density at radius 3 is 1.82 bits per heavy atom. The molecule has 0 saturated heterocycles. The molecule has 0 bridgehead atoms. The van der Waals surface area contributed by atoms with Crippen LogP contribution in [0.4, 0.5) is 0 Å². The van der Waals surface area contributed by atoms with Crippen LogP contribution in [0.3, 0.4) is 0 Å². The van der Waals surface area contributed by atoms with Gasteiger partial charge in [0.1, 0.15) is 0 Å². The largest absolute Gasteiger partial charge is 0.396 e. The van der Waals surface area contributed by atoms with E-state index in [2.05, 4.69) is 0 Å². The number of aliphatic hydroxyl groups is 2. The highest BCUT2D eigenvalue weighted by Crippen LogP contribution is 2.20. The molecule has 2 unspecified atom stereocenters. The van der Waals surface area contributed by atoms with E-state index in [1.165, 1.54) is 0 Å². The summed E-state index contributed by atoms with van der Waals surface area (Å²) in [4.78, 5) is 0. The zero-order valence-electron chi connectivity index (χ0n) is 6.74. The molecule has 0 heterocycles. The SMILES string of the molecule is OCC1C=CC(CO)CCC1. The standard InChI is InChI=1S/C9H16O2/c10-6-8-2-1-3-9(7-11)5-4-8/h4-5,8-11H,1-3,6-7H2. The molecule has 2 atom stereocenters. The molecule has 1 rings (SSSR count). The smallest absolute Gasteiger partial charge is 0.0493 e. The highest BCUT2D eigenvalue weighted by atomic mass is 16.3. The second-order valence-corrected chi connectivity index (χ2v) is 3.20. The van der Waals surface area contributed by atoms with Crippen LogP contribution in [0, 0.1) is 11.8 Å². The van der Waals surface area contributed by atoms with Crippen LogP contribution in [0.1, 0.15) is 19.3 Å². The summed E-state index contributed by atoms with van der Waals surface area (Å²) in [5, 5.41) is 17.7. The van der Waals surface area contributed by atoms with Gasteiger partial charge in [-0.2, -0.15) is 0 Å². The molecule has 0 saturated carbocycles. The molecule has 0 spiro atoms. The van der Waals surface area contributed by atoms with Crippen LogP contribution in [0.5, 0.6) is 0 Å². The summed E-state index contributed by atoms with van der Waals surface area (Å²) in [6.07, 6.45) is 7.30. The van der Waals surface area contributed by atoms with E-state index >= 15 is 0 Å². The van der Waals surface area contributed by atoms with E-state index in [0.29, 0.717) is 11.8 Å². The van der Waals surface area contributed by atoms with Crippen LogP contribution < -0.4 is 0 Å². The molecule has 0 radical (unpaired) electrons. The Hall–Kier alpha value is -0.340. The van der Waals surface area contributed by atoms with E-state index in [9.17, 15) is 0 Å². The molecule has 2 heteroatoms. The van der Waals surface area contributed by atoms with Crippen LogP contribution >= 0.6 is 0 Å². The minimum Gasteiger partial charge on any atom is -0.396 e. The van der Waals surface area contributed by atoms with Crippen LogP contribution in [0.2, 0.25) is 0 Å². The van der Waals surface area contributed by atoms with E-state index in [-0.39, 0.29) is 13.2 Å². The third-order valence-electron chi connectivity index (χ3n) is 2.27. The summed E-state index contributed by atoms with van der Waals surface area (Å²) >= 11 is 0. The Kier molecular flexibility index (Phi) is 3.60. The van der Waals surface area contributed by atoms with Gasteiger partial charge >= 0.3 is 0 Å². The van der Waals surface area contributed by atoms with Gasteiger partial charge in [0.15, 0.2) is 0 Å². The Bertz CT molecular complexity index is 118. The van der Waals surface area contributed by atoms with Crippen LogP contribution in [0.25, 0.3) is 0 Å². The lowest BCUT2D eigenvalue weighted by Crippen LogP contribution is -2.00. The van der Waals surface area contributed by atoms with Gasteiger partial charge in [-0.15, -0.1) is 0 Å². The maximum Gasteiger partial charge on any atom is 0.0493 e. The van der Waals surface area contributed by atoms with Crippen molar-refractivity contribution in [2.24, 2.45) is 11.8 Å². The molecule has 64 valence electrons. The lowest BCUT2D eigenvalue weighted by molar-refractivity contribution is 0.236. The normalized spacial score (nSPS) is 31.8. The Balaban J connectivity index is 2.42. The number of rotatable bonds is 2. The molecule has 0 aromatic carbocycles. The van der Waals surface area contributed by atoms with Crippen LogP contribution in [-0.4, -0.2) is 23.4 Å². The Labute approximate surface area is 67.6 Å². The maximum absolute atomic E-state index is 8.86. The molecular formula is C9H16O2. The number of aliphatic hydroxyl groups excluding tert-OH is 2. The first-order valence-corrected chi connectivity index (χ1v) is 4.27. The molecule has 1 aliphatic carbocycles. The summed E-state index contributed by atoms with van der Waals surface area (Å²) < 4.78 is 0. The predicted molar refractivity (Wildman–Crippen MR) is 44.1 cm³/mol. The van der Waals surface area contributed by atoms with Gasteiger partial charge in [-0.1, -0.05) is 18.6 Å². The van der Waals surface area contributed by atoms with Gasteiger partial charge in [0.2, 0.25) is 0 Å². The first kappa shape index (κ1) is 8.75. The monoisotopic (exact) mass is 156 g/mol.